The Balaban J connectivity index is 2.34. The summed E-state index contributed by atoms with van der Waals surface area (Å²) < 4.78 is 40.3. The molecular formula is C13H13FN2O4S. The number of hydrogen-bond acceptors (Lipinski definition) is 4. The summed E-state index contributed by atoms with van der Waals surface area (Å²) in [5.41, 5.74) is -0.574. The summed E-state index contributed by atoms with van der Waals surface area (Å²) in [6.07, 6.45) is 1.38. The first-order chi connectivity index (χ1) is 9.86. The molecule has 0 saturated heterocycles. The van der Waals surface area contributed by atoms with E-state index in [1.165, 1.54) is 12.1 Å². The van der Waals surface area contributed by atoms with E-state index in [9.17, 15) is 17.6 Å². The van der Waals surface area contributed by atoms with Gasteiger partial charge in [0.05, 0.1) is 5.92 Å². The minimum atomic E-state index is -4.15. The fourth-order valence-electron chi connectivity index (χ4n) is 2.50. The molecule has 2 rings (SSSR count). The van der Waals surface area contributed by atoms with Gasteiger partial charge in [-0.05, 0) is 25.0 Å². The number of carboxylic acid groups (broad SMARTS) is 1. The Hall–Kier alpha value is -1.98. The van der Waals surface area contributed by atoms with E-state index in [4.69, 9.17) is 10.4 Å². The zero-order valence-corrected chi connectivity index (χ0v) is 11.7. The molecule has 1 saturated carbocycles. The molecule has 1 fully saturated rings. The van der Waals surface area contributed by atoms with Crippen molar-refractivity contribution in [2.45, 2.75) is 30.2 Å². The topological polar surface area (TPSA) is 107 Å². The van der Waals surface area contributed by atoms with Crippen LogP contribution in [0.25, 0.3) is 0 Å². The number of carbonyl (C=O) groups is 1. The number of nitrogens with one attached hydrogen (secondary N) is 1. The molecule has 0 heterocycles. The molecule has 21 heavy (non-hydrogen) atoms. The predicted octanol–water partition coefficient (Wildman–Crippen LogP) is 1.23. The second-order valence-electron chi connectivity index (χ2n) is 4.83. The summed E-state index contributed by atoms with van der Waals surface area (Å²) in [6, 6.07) is 4.07. The molecule has 0 bridgehead atoms. The highest BCUT2D eigenvalue weighted by molar-refractivity contribution is 7.89. The molecule has 112 valence electrons. The summed E-state index contributed by atoms with van der Waals surface area (Å²) in [6.45, 7) is 0. The Bertz CT molecular complexity index is 711. The average molecular weight is 312 g/mol. The fourth-order valence-corrected chi connectivity index (χ4v) is 3.97. The first-order valence-electron chi connectivity index (χ1n) is 6.30. The molecule has 2 N–H and O–H groups in total. The number of hydrogen-bond donors (Lipinski definition) is 2. The zero-order chi connectivity index (χ0) is 15.6. The molecule has 8 heteroatoms. The number of nitrogens with zero attached hydrogens (tertiary/aromatic N) is 1. The lowest BCUT2D eigenvalue weighted by atomic mass is 10.1. The summed E-state index contributed by atoms with van der Waals surface area (Å²) in [5.74, 6) is -2.81. The number of rotatable bonds is 4. The van der Waals surface area contributed by atoms with Gasteiger partial charge in [0, 0.05) is 6.04 Å². The maximum absolute atomic E-state index is 13.5. The summed E-state index contributed by atoms with van der Waals surface area (Å²) in [7, 11) is -4.15. The van der Waals surface area contributed by atoms with Gasteiger partial charge in [-0.25, -0.2) is 17.5 Å². The van der Waals surface area contributed by atoms with Crippen molar-refractivity contribution in [3.8, 4) is 6.07 Å². The van der Waals surface area contributed by atoms with E-state index < -0.39 is 44.2 Å². The molecule has 0 amide bonds. The summed E-state index contributed by atoms with van der Waals surface area (Å²) in [5, 5.41) is 17.9. The van der Waals surface area contributed by atoms with Crippen LogP contribution in [-0.2, 0) is 14.8 Å². The maximum atomic E-state index is 13.5. The molecule has 2 unspecified atom stereocenters. The Kier molecular flexibility index (Phi) is 4.25. The van der Waals surface area contributed by atoms with Gasteiger partial charge in [-0.2, -0.15) is 5.26 Å². The maximum Gasteiger partial charge on any atom is 0.308 e. The first kappa shape index (κ1) is 15.4. The number of aliphatic carboxylic acids is 1. The van der Waals surface area contributed by atoms with Crippen molar-refractivity contribution in [2.24, 2.45) is 5.92 Å². The van der Waals surface area contributed by atoms with Crippen LogP contribution in [0, 0.1) is 23.1 Å². The van der Waals surface area contributed by atoms with Crippen molar-refractivity contribution >= 4 is 16.0 Å². The van der Waals surface area contributed by atoms with Crippen LogP contribution in [0.15, 0.2) is 23.1 Å². The lowest BCUT2D eigenvalue weighted by Gasteiger charge is -2.18. The highest BCUT2D eigenvalue weighted by Gasteiger charge is 2.36. The lowest BCUT2D eigenvalue weighted by molar-refractivity contribution is -0.141. The van der Waals surface area contributed by atoms with Gasteiger partial charge in [-0.15, -0.1) is 0 Å². The van der Waals surface area contributed by atoms with Crippen molar-refractivity contribution in [2.75, 3.05) is 0 Å². The molecule has 6 nitrogen and oxygen atoms in total. The number of nitriles is 1. The molecule has 0 radical (unpaired) electrons. The van der Waals surface area contributed by atoms with E-state index in [0.29, 0.717) is 19.3 Å². The molecule has 1 aliphatic carbocycles. The predicted molar refractivity (Wildman–Crippen MR) is 70.2 cm³/mol. The molecule has 1 aliphatic rings. The lowest BCUT2D eigenvalue weighted by Crippen LogP contribution is -2.40. The minimum absolute atomic E-state index is 0.386. The Labute approximate surface area is 121 Å². The van der Waals surface area contributed by atoms with E-state index >= 15 is 0 Å². The normalized spacial score (nSPS) is 21.9. The standard InChI is InChI=1S/C13H13FN2O4S/c14-10-4-2-6-12(9(10)7-15)21(19,20)16-11-5-1-3-8(11)13(17)18/h2,4,6,8,11,16H,1,3,5H2,(H,17,18). The van der Waals surface area contributed by atoms with Gasteiger partial charge in [-0.1, -0.05) is 12.5 Å². The molecule has 0 aliphatic heterocycles. The molecular weight excluding hydrogens is 299 g/mol. The summed E-state index contributed by atoms with van der Waals surface area (Å²) in [4.78, 5) is 10.6. The summed E-state index contributed by atoms with van der Waals surface area (Å²) >= 11 is 0. The Morgan fingerprint density at radius 2 is 2.14 bits per heavy atom. The second kappa shape index (κ2) is 5.79. The van der Waals surface area contributed by atoms with Crippen molar-refractivity contribution in [3.05, 3.63) is 29.6 Å². The quantitative estimate of drug-likeness (QED) is 0.869. The Morgan fingerprint density at radius 1 is 1.43 bits per heavy atom. The third kappa shape index (κ3) is 3.04. The molecule has 1 aromatic rings. The van der Waals surface area contributed by atoms with E-state index in [2.05, 4.69) is 4.72 Å². The van der Waals surface area contributed by atoms with Crippen LogP contribution >= 0.6 is 0 Å². The number of benzene rings is 1. The number of halogens is 1. The van der Waals surface area contributed by atoms with Crippen LogP contribution in [0.2, 0.25) is 0 Å². The highest BCUT2D eigenvalue weighted by atomic mass is 32.2. The average Bonchev–Trinajstić information content (AvgIpc) is 2.86. The first-order valence-corrected chi connectivity index (χ1v) is 7.79. The van der Waals surface area contributed by atoms with Crippen molar-refractivity contribution in [1.29, 1.82) is 5.26 Å². The third-order valence-corrected chi connectivity index (χ3v) is 5.05. The van der Waals surface area contributed by atoms with Gasteiger partial charge >= 0.3 is 5.97 Å². The molecule has 0 aromatic heterocycles. The van der Waals surface area contributed by atoms with Crippen LogP contribution in [-0.4, -0.2) is 25.5 Å². The number of carboxylic acids is 1. The van der Waals surface area contributed by atoms with Gasteiger partial charge in [0.15, 0.2) is 0 Å². The van der Waals surface area contributed by atoms with Crippen molar-refractivity contribution < 1.29 is 22.7 Å². The van der Waals surface area contributed by atoms with E-state index in [-0.39, 0.29) is 0 Å². The van der Waals surface area contributed by atoms with Crippen LogP contribution in [0.5, 0.6) is 0 Å². The molecule has 2 atom stereocenters. The largest absolute Gasteiger partial charge is 0.481 e. The van der Waals surface area contributed by atoms with E-state index in [1.54, 1.807) is 0 Å². The van der Waals surface area contributed by atoms with Gasteiger partial charge in [0.1, 0.15) is 22.3 Å². The van der Waals surface area contributed by atoms with E-state index in [0.717, 1.165) is 12.1 Å². The second-order valence-corrected chi connectivity index (χ2v) is 6.51. The molecule has 1 aromatic carbocycles. The van der Waals surface area contributed by atoms with E-state index in [1.807, 2.05) is 0 Å². The van der Waals surface area contributed by atoms with Gasteiger partial charge in [0.25, 0.3) is 0 Å². The van der Waals surface area contributed by atoms with Gasteiger partial charge < -0.3 is 5.11 Å². The van der Waals surface area contributed by atoms with Crippen LogP contribution < -0.4 is 4.72 Å². The van der Waals surface area contributed by atoms with Crippen molar-refractivity contribution in [1.82, 2.24) is 4.72 Å². The Morgan fingerprint density at radius 3 is 2.76 bits per heavy atom. The SMILES string of the molecule is N#Cc1c(F)cccc1S(=O)(=O)NC1CCCC1C(=O)O. The molecule has 0 spiro atoms. The van der Waals surface area contributed by atoms with Crippen molar-refractivity contribution in [3.63, 3.8) is 0 Å². The highest BCUT2D eigenvalue weighted by Crippen LogP contribution is 2.28. The van der Waals surface area contributed by atoms with Crippen LogP contribution in [0.1, 0.15) is 24.8 Å². The third-order valence-electron chi connectivity index (χ3n) is 3.52. The zero-order valence-electron chi connectivity index (χ0n) is 10.9. The van der Waals surface area contributed by atoms with Crippen LogP contribution in [0.4, 0.5) is 4.39 Å². The monoisotopic (exact) mass is 312 g/mol. The number of sulfonamides is 1. The van der Waals surface area contributed by atoms with Gasteiger partial charge in [0.2, 0.25) is 10.0 Å². The minimum Gasteiger partial charge on any atom is -0.481 e. The smallest absolute Gasteiger partial charge is 0.308 e. The van der Waals surface area contributed by atoms with Crippen LogP contribution in [0.3, 0.4) is 0 Å². The van der Waals surface area contributed by atoms with Gasteiger partial charge in [-0.3, -0.25) is 4.79 Å². The fraction of sp³-hybridized carbons (Fsp3) is 0.385.